The van der Waals surface area contributed by atoms with Gasteiger partial charge >= 0.3 is 6.03 Å². The monoisotopic (exact) mass is 426 g/mol. The maximum Gasteiger partial charge on any atom is 0.322 e. The Bertz CT molecular complexity index is 1090. The third kappa shape index (κ3) is 3.25. The van der Waals surface area contributed by atoms with Gasteiger partial charge in [0.1, 0.15) is 17.2 Å². The first-order valence-corrected chi connectivity index (χ1v) is 10.4. The molecule has 2 aromatic heterocycles. The summed E-state index contributed by atoms with van der Waals surface area (Å²) in [6.45, 7) is 6.91. The van der Waals surface area contributed by atoms with Crippen molar-refractivity contribution in [2.75, 3.05) is 11.9 Å². The van der Waals surface area contributed by atoms with Crippen molar-refractivity contribution in [2.45, 2.75) is 39.8 Å². The normalized spacial score (nSPS) is 22.3. The fourth-order valence-electron chi connectivity index (χ4n) is 4.43. The van der Waals surface area contributed by atoms with Gasteiger partial charge in [-0.3, -0.25) is 0 Å². The number of likely N-dealkylation sites (tertiary alicyclic amines) is 1. The predicted octanol–water partition coefficient (Wildman–Crippen LogP) is 4.12. The number of rotatable bonds is 4. The number of hydrogen-bond donors (Lipinski definition) is 1. The van der Waals surface area contributed by atoms with Gasteiger partial charge in [0.05, 0.1) is 12.6 Å². The first-order chi connectivity index (χ1) is 14.4. The standard InChI is InChI=1S/C21H23ClN6O2/c1-11-18(12(2)30-26-11)23-21(29)28-10-15-8-17(15)19(28)20-25-24-13(3)27(20)9-14-4-6-16(22)7-5-14/h4-7,15,17,19H,8-10H2,1-3H3,(H,23,29)/t15?,17?,19-/m1/s1. The van der Waals surface area contributed by atoms with Gasteiger partial charge in [-0.1, -0.05) is 28.9 Å². The van der Waals surface area contributed by atoms with Crippen LogP contribution in [0.2, 0.25) is 5.02 Å². The minimum atomic E-state index is -0.153. The molecule has 1 N–H and O–H groups in total. The Kier molecular flexibility index (Phi) is 4.54. The number of nitrogens with zero attached hydrogens (tertiary/aromatic N) is 5. The van der Waals surface area contributed by atoms with Crippen LogP contribution in [0.15, 0.2) is 28.8 Å². The molecule has 5 rings (SSSR count). The summed E-state index contributed by atoms with van der Waals surface area (Å²) in [5, 5.41) is 16.4. The van der Waals surface area contributed by atoms with Gasteiger partial charge < -0.3 is 19.3 Å². The lowest BCUT2D eigenvalue weighted by atomic mass is 10.1. The molecule has 3 aromatic rings. The van der Waals surface area contributed by atoms with E-state index in [4.69, 9.17) is 16.1 Å². The van der Waals surface area contributed by atoms with Gasteiger partial charge in [0.15, 0.2) is 11.6 Å². The molecule has 2 fully saturated rings. The Hall–Kier alpha value is -2.87. The topological polar surface area (TPSA) is 89.1 Å². The van der Waals surface area contributed by atoms with E-state index in [-0.39, 0.29) is 12.1 Å². The van der Waals surface area contributed by atoms with Crippen LogP contribution in [0.25, 0.3) is 0 Å². The zero-order valence-electron chi connectivity index (χ0n) is 17.1. The largest absolute Gasteiger partial charge is 0.359 e. The molecular formula is C21H23ClN6O2. The van der Waals surface area contributed by atoms with Crippen LogP contribution in [0.3, 0.4) is 0 Å². The Morgan fingerprint density at radius 3 is 2.70 bits per heavy atom. The van der Waals surface area contributed by atoms with Gasteiger partial charge in [0.2, 0.25) is 0 Å². The molecule has 3 heterocycles. The van der Waals surface area contributed by atoms with Crippen LogP contribution in [-0.2, 0) is 6.54 Å². The van der Waals surface area contributed by atoms with E-state index in [2.05, 4.69) is 25.2 Å². The molecule has 1 saturated carbocycles. The molecule has 9 heteroatoms. The lowest BCUT2D eigenvalue weighted by Gasteiger charge is -2.27. The summed E-state index contributed by atoms with van der Waals surface area (Å²) < 4.78 is 7.28. The fourth-order valence-corrected chi connectivity index (χ4v) is 4.56. The first kappa shape index (κ1) is 19.1. The summed E-state index contributed by atoms with van der Waals surface area (Å²) in [7, 11) is 0. The van der Waals surface area contributed by atoms with Crippen LogP contribution < -0.4 is 5.32 Å². The van der Waals surface area contributed by atoms with Gasteiger partial charge in [-0.25, -0.2) is 4.79 Å². The number of hydrogen-bond acceptors (Lipinski definition) is 5. The van der Waals surface area contributed by atoms with Gasteiger partial charge in [0.25, 0.3) is 0 Å². The highest BCUT2D eigenvalue weighted by molar-refractivity contribution is 6.30. The Balaban J connectivity index is 1.43. The van der Waals surface area contributed by atoms with Crippen LogP contribution in [0.5, 0.6) is 0 Å². The Morgan fingerprint density at radius 1 is 1.23 bits per heavy atom. The number of halogens is 1. The van der Waals surface area contributed by atoms with Crippen molar-refractivity contribution in [1.82, 2.24) is 24.8 Å². The van der Waals surface area contributed by atoms with Crippen LogP contribution in [0.4, 0.5) is 10.5 Å². The molecular weight excluding hydrogens is 404 g/mol. The highest BCUT2D eigenvalue weighted by Gasteiger charge is 2.56. The zero-order valence-corrected chi connectivity index (χ0v) is 17.8. The van der Waals surface area contributed by atoms with Crippen molar-refractivity contribution in [2.24, 2.45) is 11.8 Å². The third-order valence-electron chi connectivity index (χ3n) is 6.16. The van der Waals surface area contributed by atoms with E-state index >= 15 is 0 Å². The molecule has 2 amide bonds. The van der Waals surface area contributed by atoms with Crippen molar-refractivity contribution in [3.63, 3.8) is 0 Å². The lowest BCUT2D eigenvalue weighted by molar-refractivity contribution is 0.192. The maximum atomic E-state index is 13.2. The predicted molar refractivity (Wildman–Crippen MR) is 111 cm³/mol. The van der Waals surface area contributed by atoms with Crippen LogP contribution in [0.1, 0.15) is 41.1 Å². The van der Waals surface area contributed by atoms with E-state index in [0.29, 0.717) is 40.5 Å². The van der Waals surface area contributed by atoms with Crippen molar-refractivity contribution in [3.8, 4) is 0 Å². The fraction of sp³-hybridized carbons (Fsp3) is 0.429. The molecule has 30 heavy (non-hydrogen) atoms. The molecule has 1 aromatic carbocycles. The Labute approximate surface area is 179 Å². The summed E-state index contributed by atoms with van der Waals surface area (Å²) in [5.41, 5.74) is 2.42. The number of aryl methyl sites for hydroxylation is 3. The van der Waals surface area contributed by atoms with E-state index in [1.807, 2.05) is 43.0 Å². The molecule has 8 nitrogen and oxygen atoms in total. The number of nitrogens with one attached hydrogen (secondary N) is 1. The molecule has 3 atom stereocenters. The quantitative estimate of drug-likeness (QED) is 0.677. The summed E-state index contributed by atoms with van der Waals surface area (Å²) in [6.07, 6.45) is 1.12. The molecule has 2 unspecified atom stereocenters. The lowest BCUT2D eigenvalue weighted by Crippen LogP contribution is -2.38. The molecule has 1 aliphatic heterocycles. The molecule has 156 valence electrons. The molecule has 0 bridgehead atoms. The van der Waals surface area contributed by atoms with Gasteiger partial charge in [0, 0.05) is 11.6 Å². The third-order valence-corrected chi connectivity index (χ3v) is 6.41. The molecule has 1 aliphatic carbocycles. The van der Waals surface area contributed by atoms with E-state index in [1.54, 1.807) is 6.92 Å². The second kappa shape index (κ2) is 7.12. The summed E-state index contributed by atoms with van der Waals surface area (Å²) in [4.78, 5) is 15.0. The SMILES string of the molecule is Cc1noc(C)c1NC(=O)N1CC2CC2[C@@H]1c1nnc(C)n1Cc1ccc(Cl)cc1. The number of amides is 2. The highest BCUT2D eigenvalue weighted by Crippen LogP contribution is 2.56. The van der Waals surface area contributed by atoms with Crippen LogP contribution >= 0.6 is 11.6 Å². The van der Waals surface area contributed by atoms with Gasteiger partial charge in [-0.15, -0.1) is 10.2 Å². The number of aromatic nitrogens is 4. The van der Waals surface area contributed by atoms with E-state index in [0.717, 1.165) is 30.2 Å². The minimum absolute atomic E-state index is 0.0935. The van der Waals surface area contributed by atoms with Crippen molar-refractivity contribution in [3.05, 3.63) is 58.0 Å². The smallest absolute Gasteiger partial charge is 0.322 e. The average Bonchev–Trinajstić information content (AvgIpc) is 3.10. The number of carbonyl (C=O) groups excluding carboxylic acids is 1. The molecule has 0 spiro atoms. The summed E-state index contributed by atoms with van der Waals surface area (Å²) in [6, 6.07) is 7.52. The highest BCUT2D eigenvalue weighted by atomic mass is 35.5. The average molecular weight is 427 g/mol. The van der Waals surface area contributed by atoms with E-state index < -0.39 is 0 Å². The number of fused-ring (bicyclic) bond motifs is 1. The number of piperidine rings is 1. The van der Waals surface area contributed by atoms with Gasteiger partial charge in [-0.05, 0) is 56.7 Å². The van der Waals surface area contributed by atoms with Crippen molar-refractivity contribution in [1.29, 1.82) is 0 Å². The number of anilines is 1. The number of urea groups is 1. The maximum absolute atomic E-state index is 13.2. The second-order valence-corrected chi connectivity index (χ2v) is 8.64. The molecule has 1 saturated heterocycles. The summed E-state index contributed by atoms with van der Waals surface area (Å²) in [5.74, 6) is 3.21. The molecule has 0 radical (unpaired) electrons. The minimum Gasteiger partial charge on any atom is -0.359 e. The van der Waals surface area contributed by atoms with Crippen LogP contribution in [-0.4, -0.2) is 37.4 Å². The molecule has 2 aliphatic rings. The number of benzene rings is 1. The van der Waals surface area contributed by atoms with Crippen molar-refractivity contribution < 1.29 is 9.32 Å². The zero-order chi connectivity index (χ0) is 21.0. The Morgan fingerprint density at radius 2 is 2.00 bits per heavy atom. The number of carbonyl (C=O) groups is 1. The summed E-state index contributed by atoms with van der Waals surface area (Å²) >= 11 is 6.02. The van der Waals surface area contributed by atoms with E-state index in [1.165, 1.54) is 0 Å². The second-order valence-electron chi connectivity index (χ2n) is 8.20. The van der Waals surface area contributed by atoms with Crippen molar-refractivity contribution >= 4 is 23.3 Å². The van der Waals surface area contributed by atoms with Crippen LogP contribution in [0, 0.1) is 32.6 Å². The van der Waals surface area contributed by atoms with Gasteiger partial charge in [-0.2, -0.15) is 0 Å². The van der Waals surface area contributed by atoms with E-state index in [9.17, 15) is 4.79 Å². The first-order valence-electron chi connectivity index (χ1n) is 10.1.